The second-order valence-electron chi connectivity index (χ2n) is 5.24. The number of carbonyl (C=O) groups is 1. The molecule has 0 atom stereocenters. The van der Waals surface area contributed by atoms with Crippen molar-refractivity contribution in [1.82, 2.24) is 0 Å². The molecule has 2 N–H and O–H groups in total. The summed E-state index contributed by atoms with van der Waals surface area (Å²) in [5, 5.41) is 4.76. The number of hydrogen-bond acceptors (Lipinski definition) is 5. The van der Waals surface area contributed by atoms with E-state index in [4.69, 9.17) is 0 Å². The van der Waals surface area contributed by atoms with Crippen molar-refractivity contribution in [3.63, 3.8) is 0 Å². The minimum absolute atomic E-state index is 0.148. The Kier molecular flexibility index (Phi) is 3.29. The van der Waals surface area contributed by atoms with Crippen LogP contribution in [-0.4, -0.2) is 18.6 Å². The van der Waals surface area contributed by atoms with Crippen LogP contribution in [0.15, 0.2) is 36.4 Å². The van der Waals surface area contributed by atoms with E-state index in [2.05, 4.69) is 29.6 Å². The first-order valence-electron chi connectivity index (χ1n) is 7.07. The maximum atomic E-state index is 13.0. The topological polar surface area (TPSA) is 78.1 Å². The highest BCUT2D eigenvalue weighted by Crippen LogP contribution is 2.43. The lowest BCUT2D eigenvalue weighted by Crippen LogP contribution is -2.25. The van der Waals surface area contributed by atoms with Gasteiger partial charge in [0.25, 0.3) is 0 Å². The SMILES string of the molecule is O=C(Nc1ccc2c(c1)OC(F)(F)O2)Nc1ccc2c(c1)OC(F)(F)O2. The Morgan fingerprint density at radius 3 is 1.50 bits per heavy atom. The highest BCUT2D eigenvalue weighted by Gasteiger charge is 2.44. The Hall–Kier alpha value is -3.37. The van der Waals surface area contributed by atoms with Crippen molar-refractivity contribution in [1.29, 1.82) is 0 Å². The molecule has 136 valence electrons. The van der Waals surface area contributed by atoms with Crippen LogP contribution in [0.3, 0.4) is 0 Å². The summed E-state index contributed by atoms with van der Waals surface area (Å²) in [6, 6.07) is 6.60. The fraction of sp³-hybridized carbons (Fsp3) is 0.133. The van der Waals surface area contributed by atoms with Gasteiger partial charge in [-0.25, -0.2) is 4.79 Å². The van der Waals surface area contributed by atoms with Gasteiger partial charge in [0.15, 0.2) is 23.0 Å². The lowest BCUT2D eigenvalue weighted by atomic mass is 10.2. The minimum atomic E-state index is -3.77. The number of ether oxygens (including phenoxy) is 4. The van der Waals surface area contributed by atoms with E-state index in [-0.39, 0.29) is 34.4 Å². The summed E-state index contributed by atoms with van der Waals surface area (Å²) in [6.45, 7) is 0. The first-order valence-corrected chi connectivity index (χ1v) is 7.07. The summed E-state index contributed by atoms with van der Waals surface area (Å²) in [4.78, 5) is 12.0. The van der Waals surface area contributed by atoms with Gasteiger partial charge in [0, 0.05) is 23.5 Å². The molecule has 0 fully saturated rings. The van der Waals surface area contributed by atoms with Crippen LogP contribution in [0.4, 0.5) is 33.7 Å². The number of amides is 2. The molecule has 4 rings (SSSR count). The number of nitrogens with one attached hydrogen (secondary N) is 2. The van der Waals surface area contributed by atoms with Gasteiger partial charge in [-0.2, -0.15) is 0 Å². The Morgan fingerprint density at radius 2 is 1.08 bits per heavy atom. The normalized spacial score (nSPS) is 17.7. The van der Waals surface area contributed by atoms with Crippen LogP contribution in [0.1, 0.15) is 0 Å². The highest BCUT2D eigenvalue weighted by atomic mass is 19.3. The predicted molar refractivity (Wildman–Crippen MR) is 77.9 cm³/mol. The van der Waals surface area contributed by atoms with Gasteiger partial charge in [-0.05, 0) is 24.3 Å². The van der Waals surface area contributed by atoms with Crippen LogP contribution in [0.5, 0.6) is 23.0 Å². The van der Waals surface area contributed by atoms with E-state index in [1.807, 2.05) is 0 Å². The first-order chi connectivity index (χ1) is 12.2. The molecule has 2 amide bonds. The van der Waals surface area contributed by atoms with Crippen LogP contribution >= 0.6 is 0 Å². The first kappa shape index (κ1) is 16.1. The molecular weight excluding hydrogens is 364 g/mol. The molecule has 0 radical (unpaired) electrons. The van der Waals surface area contributed by atoms with Crippen molar-refractivity contribution in [2.24, 2.45) is 0 Å². The molecule has 2 heterocycles. The van der Waals surface area contributed by atoms with Crippen LogP contribution in [0, 0.1) is 0 Å². The molecule has 7 nitrogen and oxygen atoms in total. The highest BCUT2D eigenvalue weighted by molar-refractivity contribution is 6.00. The lowest BCUT2D eigenvalue weighted by molar-refractivity contribution is -0.287. The molecule has 26 heavy (non-hydrogen) atoms. The van der Waals surface area contributed by atoms with E-state index in [0.717, 1.165) is 12.1 Å². The van der Waals surface area contributed by atoms with Gasteiger partial charge in [-0.1, -0.05) is 0 Å². The largest absolute Gasteiger partial charge is 0.586 e. The van der Waals surface area contributed by atoms with Crippen LogP contribution in [0.2, 0.25) is 0 Å². The molecular formula is C15H8F4N2O5. The predicted octanol–water partition coefficient (Wildman–Crippen LogP) is 3.97. The summed E-state index contributed by atoms with van der Waals surface area (Å²) in [7, 11) is 0. The third kappa shape index (κ3) is 3.10. The van der Waals surface area contributed by atoms with Crippen molar-refractivity contribution in [2.45, 2.75) is 12.6 Å². The zero-order valence-corrected chi connectivity index (χ0v) is 12.5. The van der Waals surface area contributed by atoms with Gasteiger partial charge in [-0.15, -0.1) is 17.6 Å². The van der Waals surface area contributed by atoms with Crippen molar-refractivity contribution in [2.75, 3.05) is 10.6 Å². The van der Waals surface area contributed by atoms with Gasteiger partial charge in [0.2, 0.25) is 0 Å². The van der Waals surface area contributed by atoms with E-state index >= 15 is 0 Å². The zero-order chi connectivity index (χ0) is 18.5. The lowest BCUT2D eigenvalue weighted by Gasteiger charge is -2.08. The van der Waals surface area contributed by atoms with E-state index in [1.54, 1.807) is 0 Å². The molecule has 11 heteroatoms. The van der Waals surface area contributed by atoms with Crippen LogP contribution < -0.4 is 29.6 Å². The van der Waals surface area contributed by atoms with Gasteiger partial charge in [0.1, 0.15) is 0 Å². The zero-order valence-electron chi connectivity index (χ0n) is 12.5. The van der Waals surface area contributed by atoms with Gasteiger partial charge in [0.05, 0.1) is 0 Å². The average Bonchev–Trinajstić information content (AvgIpc) is 2.98. The third-order valence-electron chi connectivity index (χ3n) is 3.32. The van der Waals surface area contributed by atoms with Gasteiger partial charge in [-0.3, -0.25) is 0 Å². The summed E-state index contributed by atoms with van der Waals surface area (Å²) in [5.74, 6) is -0.813. The number of alkyl halides is 4. The van der Waals surface area contributed by atoms with Gasteiger partial charge < -0.3 is 29.6 Å². The summed E-state index contributed by atoms with van der Waals surface area (Å²) < 4.78 is 68.9. The Balaban J connectivity index is 1.43. The van der Waals surface area contributed by atoms with Crippen LogP contribution in [0.25, 0.3) is 0 Å². The second kappa shape index (κ2) is 5.31. The molecule has 0 unspecified atom stereocenters. The molecule has 0 saturated carbocycles. The number of rotatable bonds is 2. The number of halogens is 4. The number of anilines is 2. The van der Waals surface area contributed by atoms with Crippen molar-refractivity contribution < 1.29 is 41.3 Å². The van der Waals surface area contributed by atoms with E-state index in [9.17, 15) is 22.4 Å². The standard InChI is InChI=1S/C15H8F4N2O5/c16-14(17)23-9-3-1-7(5-11(9)25-14)20-13(22)21-8-2-4-10-12(6-8)26-15(18,19)24-10/h1-6H,(H2,20,21,22). The van der Waals surface area contributed by atoms with E-state index < -0.39 is 18.6 Å². The Morgan fingerprint density at radius 1 is 0.692 bits per heavy atom. The summed E-state index contributed by atoms with van der Waals surface area (Å²) in [5.41, 5.74) is 0.296. The van der Waals surface area contributed by atoms with Crippen molar-refractivity contribution in [3.05, 3.63) is 36.4 Å². The molecule has 2 aliphatic heterocycles. The summed E-state index contributed by atoms with van der Waals surface area (Å²) in [6.07, 6.45) is -7.53. The smallest absolute Gasteiger partial charge is 0.395 e. The molecule has 0 aliphatic carbocycles. The van der Waals surface area contributed by atoms with Gasteiger partial charge >= 0.3 is 18.6 Å². The van der Waals surface area contributed by atoms with Crippen molar-refractivity contribution in [3.8, 4) is 23.0 Å². The maximum absolute atomic E-state index is 13.0. The Labute approximate surface area is 142 Å². The quantitative estimate of drug-likeness (QED) is 0.780. The molecule has 2 aliphatic rings. The Bertz CT molecular complexity index is 834. The fourth-order valence-corrected chi connectivity index (χ4v) is 2.35. The fourth-order valence-electron chi connectivity index (χ4n) is 2.35. The van der Waals surface area contributed by atoms with Crippen molar-refractivity contribution >= 4 is 17.4 Å². The second-order valence-corrected chi connectivity index (χ2v) is 5.24. The van der Waals surface area contributed by atoms with E-state index in [0.29, 0.717) is 0 Å². The molecule has 2 aromatic rings. The molecule has 0 spiro atoms. The maximum Gasteiger partial charge on any atom is 0.586 e. The van der Waals surface area contributed by atoms with E-state index in [1.165, 1.54) is 24.3 Å². The number of urea groups is 1. The number of hydrogen-bond donors (Lipinski definition) is 2. The third-order valence-corrected chi connectivity index (χ3v) is 3.32. The molecule has 0 aromatic heterocycles. The monoisotopic (exact) mass is 372 g/mol. The summed E-state index contributed by atoms with van der Waals surface area (Å²) >= 11 is 0. The number of carbonyl (C=O) groups excluding carboxylic acids is 1. The minimum Gasteiger partial charge on any atom is -0.395 e. The molecule has 2 aromatic carbocycles. The van der Waals surface area contributed by atoms with Crippen LogP contribution in [-0.2, 0) is 0 Å². The molecule has 0 saturated heterocycles. The number of fused-ring (bicyclic) bond motifs is 2. The number of benzene rings is 2. The average molecular weight is 372 g/mol. The molecule has 0 bridgehead atoms.